The molecule has 156 valence electrons. The molecule has 2 aromatic heterocycles. The van der Waals surface area contributed by atoms with E-state index >= 15 is 0 Å². The first kappa shape index (κ1) is 21.8. The average Bonchev–Trinajstić information content (AvgIpc) is 2.89. The predicted molar refractivity (Wildman–Crippen MR) is 86.3 cm³/mol. The van der Waals surface area contributed by atoms with E-state index in [4.69, 9.17) is 9.47 Å². The fraction of sp³-hybridized carbons (Fsp3) is 0.529. The molecule has 0 unspecified atom stereocenters. The first-order chi connectivity index (χ1) is 12.9. The van der Waals surface area contributed by atoms with Gasteiger partial charge in [0.25, 0.3) is 0 Å². The van der Waals surface area contributed by atoms with Gasteiger partial charge in [-0.2, -0.15) is 26.3 Å². The van der Waals surface area contributed by atoms with E-state index < -0.39 is 37.3 Å². The summed E-state index contributed by atoms with van der Waals surface area (Å²) < 4.78 is 87.3. The Bertz CT molecular complexity index is 843. The van der Waals surface area contributed by atoms with Gasteiger partial charge in [0, 0.05) is 12.1 Å². The minimum Gasteiger partial charge on any atom is -0.490 e. The molecule has 0 bridgehead atoms. The minimum absolute atomic E-state index is 0.0349. The Morgan fingerprint density at radius 3 is 2.29 bits per heavy atom. The second-order valence-corrected chi connectivity index (χ2v) is 6.04. The number of carbonyl (C=O) groups excluding carboxylic acids is 1. The average molecular weight is 412 g/mol. The summed E-state index contributed by atoms with van der Waals surface area (Å²) in [6.45, 7) is 4.10. The van der Waals surface area contributed by atoms with Crippen LogP contribution in [-0.4, -0.2) is 40.9 Å². The van der Waals surface area contributed by atoms with Crippen LogP contribution >= 0.6 is 0 Å². The number of nitrogens with zero attached hydrogens (tertiary/aromatic N) is 2. The van der Waals surface area contributed by atoms with Crippen LogP contribution in [0.1, 0.15) is 35.2 Å². The van der Waals surface area contributed by atoms with E-state index in [0.717, 1.165) is 0 Å². The lowest BCUT2D eigenvalue weighted by Crippen LogP contribution is -2.37. The highest BCUT2D eigenvalue weighted by Crippen LogP contribution is 2.41. The van der Waals surface area contributed by atoms with Gasteiger partial charge in [0.2, 0.25) is 0 Å². The molecule has 0 amide bonds. The van der Waals surface area contributed by atoms with Crippen LogP contribution in [0.25, 0.3) is 5.65 Å². The van der Waals surface area contributed by atoms with E-state index in [2.05, 4.69) is 4.98 Å². The third kappa shape index (κ3) is 4.50. The number of aromatic nitrogens is 2. The van der Waals surface area contributed by atoms with Crippen molar-refractivity contribution in [2.24, 2.45) is 5.92 Å². The molecule has 0 saturated carbocycles. The molecule has 5 nitrogen and oxygen atoms in total. The van der Waals surface area contributed by atoms with Gasteiger partial charge in [-0.05, 0) is 32.9 Å². The third-order valence-corrected chi connectivity index (χ3v) is 4.02. The number of hydrogen-bond acceptors (Lipinski definition) is 4. The highest BCUT2D eigenvalue weighted by molar-refractivity contribution is 5.90. The van der Waals surface area contributed by atoms with Crippen molar-refractivity contribution in [2.45, 2.75) is 39.5 Å². The van der Waals surface area contributed by atoms with E-state index in [9.17, 15) is 31.1 Å². The van der Waals surface area contributed by atoms with Crippen molar-refractivity contribution in [1.82, 2.24) is 9.38 Å². The Labute approximate surface area is 156 Å². The van der Waals surface area contributed by atoms with Crippen LogP contribution in [0.4, 0.5) is 26.3 Å². The van der Waals surface area contributed by atoms with Crippen LogP contribution in [-0.2, 0) is 4.74 Å². The number of esters is 1. The van der Waals surface area contributed by atoms with Gasteiger partial charge in [0.05, 0.1) is 18.9 Å². The van der Waals surface area contributed by atoms with Gasteiger partial charge in [-0.1, -0.05) is 0 Å². The Morgan fingerprint density at radius 1 is 1.14 bits per heavy atom. The van der Waals surface area contributed by atoms with Crippen LogP contribution in [0, 0.1) is 19.8 Å². The number of imidazole rings is 1. The molecule has 2 aromatic rings. The smallest absolute Gasteiger partial charge is 0.400 e. The molecule has 0 N–H and O–H groups in total. The maximum atomic E-state index is 12.6. The summed E-state index contributed by atoms with van der Waals surface area (Å²) in [5, 5.41) is 0. The van der Waals surface area contributed by atoms with Gasteiger partial charge < -0.3 is 9.47 Å². The molecule has 0 aliphatic carbocycles. The molecular formula is C17H18F6N2O3. The van der Waals surface area contributed by atoms with Crippen LogP contribution in [0.15, 0.2) is 12.1 Å². The highest BCUT2D eigenvalue weighted by atomic mass is 19.4. The number of fused-ring (bicyclic) bond motifs is 1. The highest BCUT2D eigenvalue weighted by Gasteiger charge is 2.56. The molecule has 0 fully saturated rings. The molecule has 2 heterocycles. The predicted octanol–water partition coefficient (Wildman–Crippen LogP) is 4.64. The van der Waals surface area contributed by atoms with Gasteiger partial charge >= 0.3 is 18.3 Å². The Balaban J connectivity index is 2.30. The van der Waals surface area contributed by atoms with Crippen LogP contribution < -0.4 is 4.74 Å². The molecule has 0 saturated heterocycles. The zero-order valence-electron chi connectivity index (χ0n) is 15.2. The van der Waals surface area contributed by atoms with Gasteiger partial charge in [-0.25, -0.2) is 9.78 Å². The summed E-state index contributed by atoms with van der Waals surface area (Å²) in [7, 11) is 0. The lowest BCUT2D eigenvalue weighted by molar-refractivity contribution is -0.286. The number of carbonyl (C=O) groups is 1. The topological polar surface area (TPSA) is 52.8 Å². The van der Waals surface area contributed by atoms with Gasteiger partial charge in [0.1, 0.15) is 0 Å². The normalized spacial score (nSPS) is 12.6. The Hall–Kier alpha value is -2.46. The van der Waals surface area contributed by atoms with Crippen molar-refractivity contribution < 1.29 is 40.6 Å². The standard InChI is InChI=1S/C17H18F6N2O3/c1-4-27-15(26)13-10(3)24-14-11(6-5-9(2)25(13)14)28-8-7-12(16(18,19)20)17(21,22)23/h5-6,12H,4,7-8H2,1-3H3. The van der Waals surface area contributed by atoms with Crippen molar-refractivity contribution in [2.75, 3.05) is 13.2 Å². The second kappa shape index (κ2) is 7.88. The molecule has 0 aliphatic heterocycles. The van der Waals surface area contributed by atoms with Crippen LogP contribution in [0.5, 0.6) is 5.75 Å². The maximum Gasteiger partial charge on any atom is 0.400 e. The quantitative estimate of drug-likeness (QED) is 0.513. The first-order valence-electron chi connectivity index (χ1n) is 8.30. The van der Waals surface area contributed by atoms with E-state index in [0.29, 0.717) is 11.4 Å². The molecule has 0 spiro atoms. The summed E-state index contributed by atoms with van der Waals surface area (Å²) in [6.07, 6.45) is -12.1. The summed E-state index contributed by atoms with van der Waals surface area (Å²) in [5.41, 5.74) is 1.08. The maximum absolute atomic E-state index is 12.6. The number of alkyl halides is 6. The number of hydrogen-bond donors (Lipinski definition) is 0. The number of ether oxygens (including phenoxy) is 2. The van der Waals surface area contributed by atoms with Crippen molar-refractivity contribution in [3.05, 3.63) is 29.2 Å². The van der Waals surface area contributed by atoms with Crippen molar-refractivity contribution in [1.29, 1.82) is 0 Å². The zero-order chi connectivity index (χ0) is 21.3. The minimum atomic E-state index is -5.43. The van der Waals surface area contributed by atoms with Gasteiger partial charge in [-0.3, -0.25) is 4.40 Å². The zero-order valence-corrected chi connectivity index (χ0v) is 15.2. The monoisotopic (exact) mass is 412 g/mol. The van der Waals surface area contributed by atoms with Crippen molar-refractivity contribution in [3.63, 3.8) is 0 Å². The number of aryl methyl sites for hydroxylation is 2. The van der Waals surface area contributed by atoms with Gasteiger partial charge in [-0.15, -0.1) is 0 Å². The van der Waals surface area contributed by atoms with Crippen molar-refractivity contribution in [3.8, 4) is 5.75 Å². The SMILES string of the molecule is CCOC(=O)c1c(C)nc2c(OCCC(C(F)(F)F)C(F)(F)F)ccc(C)n12. The fourth-order valence-corrected chi connectivity index (χ4v) is 2.73. The van der Waals surface area contributed by atoms with Crippen LogP contribution in [0.3, 0.4) is 0 Å². The number of halogens is 6. The summed E-state index contributed by atoms with van der Waals surface area (Å²) in [4.78, 5) is 16.3. The first-order valence-corrected chi connectivity index (χ1v) is 8.30. The summed E-state index contributed by atoms with van der Waals surface area (Å²) in [5.74, 6) is -4.17. The summed E-state index contributed by atoms with van der Waals surface area (Å²) >= 11 is 0. The van der Waals surface area contributed by atoms with E-state index in [1.54, 1.807) is 13.8 Å². The summed E-state index contributed by atoms with van der Waals surface area (Å²) in [6, 6.07) is 2.89. The molecule has 0 aromatic carbocycles. The Kier molecular flexibility index (Phi) is 6.15. The molecule has 11 heteroatoms. The van der Waals surface area contributed by atoms with E-state index in [1.807, 2.05) is 0 Å². The Morgan fingerprint density at radius 2 is 1.75 bits per heavy atom. The lowest BCUT2D eigenvalue weighted by Gasteiger charge is -2.22. The lowest BCUT2D eigenvalue weighted by atomic mass is 10.1. The molecule has 2 rings (SSSR count). The van der Waals surface area contributed by atoms with Gasteiger partial charge in [0.15, 0.2) is 23.0 Å². The molecule has 0 atom stereocenters. The third-order valence-electron chi connectivity index (χ3n) is 4.02. The molecule has 0 radical (unpaired) electrons. The van der Waals surface area contributed by atoms with E-state index in [1.165, 1.54) is 23.5 Å². The number of pyridine rings is 1. The van der Waals surface area contributed by atoms with E-state index in [-0.39, 0.29) is 23.7 Å². The molecule has 0 aliphatic rings. The molecular weight excluding hydrogens is 394 g/mol. The second-order valence-electron chi connectivity index (χ2n) is 6.04. The van der Waals surface area contributed by atoms with Crippen LogP contribution in [0.2, 0.25) is 0 Å². The van der Waals surface area contributed by atoms with Crippen molar-refractivity contribution >= 4 is 11.6 Å². The fourth-order valence-electron chi connectivity index (χ4n) is 2.73. The largest absolute Gasteiger partial charge is 0.490 e. The number of rotatable bonds is 6. The molecule has 28 heavy (non-hydrogen) atoms.